The number of nitrogen functional groups attached to an aromatic ring is 1. The third-order valence-corrected chi connectivity index (χ3v) is 3.15. The molecule has 1 saturated heterocycles. The van der Waals surface area contributed by atoms with Gasteiger partial charge in [-0.3, -0.25) is 15.7 Å². The van der Waals surface area contributed by atoms with E-state index in [1.165, 1.54) is 0 Å². The summed E-state index contributed by atoms with van der Waals surface area (Å²) < 4.78 is 5.50. The van der Waals surface area contributed by atoms with Crippen LogP contribution in [0.5, 0.6) is 0 Å². The van der Waals surface area contributed by atoms with Crippen LogP contribution in [-0.2, 0) is 11.3 Å². The Labute approximate surface area is 102 Å². The number of anilines is 1. The monoisotopic (exact) mass is 236 g/mol. The molecule has 1 aliphatic heterocycles. The molecule has 1 aliphatic rings. The molecular formula is C12H20N4O. The summed E-state index contributed by atoms with van der Waals surface area (Å²) in [5, 5.41) is 0. The van der Waals surface area contributed by atoms with Crippen molar-refractivity contribution in [3.8, 4) is 0 Å². The summed E-state index contributed by atoms with van der Waals surface area (Å²) >= 11 is 0. The Bertz CT molecular complexity index is 381. The van der Waals surface area contributed by atoms with Gasteiger partial charge in [0.05, 0.1) is 24.6 Å². The number of hydrazine groups is 1. The van der Waals surface area contributed by atoms with Crippen molar-refractivity contribution < 1.29 is 4.74 Å². The molecule has 5 nitrogen and oxygen atoms in total. The summed E-state index contributed by atoms with van der Waals surface area (Å²) in [6.45, 7) is 7.70. The highest BCUT2D eigenvalue weighted by Crippen LogP contribution is 2.21. The van der Waals surface area contributed by atoms with Crippen molar-refractivity contribution in [2.45, 2.75) is 25.9 Å². The Morgan fingerprint density at radius 2 is 2.41 bits per heavy atom. The van der Waals surface area contributed by atoms with Crippen LogP contribution in [0.1, 0.15) is 19.5 Å². The molecule has 1 fully saturated rings. The highest BCUT2D eigenvalue weighted by molar-refractivity contribution is 5.41. The molecule has 0 aromatic carbocycles. The second-order valence-corrected chi connectivity index (χ2v) is 4.97. The molecule has 0 radical (unpaired) electrons. The van der Waals surface area contributed by atoms with Gasteiger partial charge in [-0.15, -0.1) is 0 Å². The molecule has 0 saturated carbocycles. The van der Waals surface area contributed by atoms with Crippen LogP contribution in [0.2, 0.25) is 0 Å². The molecule has 0 bridgehead atoms. The van der Waals surface area contributed by atoms with Crippen molar-refractivity contribution in [3.05, 3.63) is 24.0 Å². The van der Waals surface area contributed by atoms with Gasteiger partial charge in [0, 0.05) is 24.8 Å². The Kier molecular flexibility index (Phi) is 3.61. The van der Waals surface area contributed by atoms with Crippen molar-refractivity contribution in [1.82, 2.24) is 9.88 Å². The Morgan fingerprint density at radius 1 is 1.59 bits per heavy atom. The number of rotatable bonds is 3. The summed E-state index contributed by atoms with van der Waals surface area (Å²) in [4.78, 5) is 6.76. The normalized spacial score (nSPS) is 20.2. The van der Waals surface area contributed by atoms with Crippen LogP contribution in [0.3, 0.4) is 0 Å². The quantitative estimate of drug-likeness (QED) is 0.605. The maximum atomic E-state index is 5.50. The lowest BCUT2D eigenvalue weighted by molar-refractivity contribution is -0.0557. The molecule has 5 heteroatoms. The van der Waals surface area contributed by atoms with E-state index in [2.05, 4.69) is 29.2 Å². The minimum absolute atomic E-state index is 0.0616. The van der Waals surface area contributed by atoms with Crippen LogP contribution in [0, 0.1) is 0 Å². The van der Waals surface area contributed by atoms with Crippen molar-refractivity contribution in [2.75, 3.05) is 25.2 Å². The molecule has 94 valence electrons. The lowest BCUT2D eigenvalue weighted by Crippen LogP contribution is -2.52. The average molecular weight is 236 g/mol. The van der Waals surface area contributed by atoms with Crippen LogP contribution in [0.15, 0.2) is 18.3 Å². The number of hydrogen-bond acceptors (Lipinski definition) is 5. The molecule has 0 unspecified atom stereocenters. The maximum Gasteiger partial charge on any atom is 0.0645 e. The summed E-state index contributed by atoms with van der Waals surface area (Å²) in [5.74, 6) is 5.39. The lowest BCUT2D eigenvalue weighted by Gasteiger charge is -2.41. The predicted octanol–water partition coefficient (Wildman–Crippen LogP) is 0.978. The van der Waals surface area contributed by atoms with Gasteiger partial charge in [0.15, 0.2) is 0 Å². The highest BCUT2D eigenvalue weighted by Gasteiger charge is 2.30. The molecule has 0 aliphatic carbocycles. The molecule has 3 N–H and O–H groups in total. The number of ether oxygens (including phenoxy) is 1. The Hall–Kier alpha value is -1.17. The van der Waals surface area contributed by atoms with E-state index in [9.17, 15) is 0 Å². The number of morpholine rings is 1. The zero-order valence-corrected chi connectivity index (χ0v) is 10.4. The first kappa shape index (κ1) is 12.3. The zero-order chi connectivity index (χ0) is 12.3. The molecule has 2 rings (SSSR count). The third-order valence-electron chi connectivity index (χ3n) is 3.15. The first-order chi connectivity index (χ1) is 8.12. The van der Waals surface area contributed by atoms with Crippen LogP contribution < -0.4 is 11.3 Å². The van der Waals surface area contributed by atoms with Gasteiger partial charge in [-0.1, -0.05) is 0 Å². The first-order valence-electron chi connectivity index (χ1n) is 5.86. The molecule has 17 heavy (non-hydrogen) atoms. The van der Waals surface area contributed by atoms with Crippen LogP contribution >= 0.6 is 0 Å². The number of hydrogen-bond donors (Lipinski definition) is 2. The smallest absolute Gasteiger partial charge is 0.0645 e. The summed E-state index contributed by atoms with van der Waals surface area (Å²) in [6, 6.07) is 3.83. The second kappa shape index (κ2) is 5.00. The molecule has 1 aromatic rings. The van der Waals surface area contributed by atoms with Crippen molar-refractivity contribution >= 4 is 5.69 Å². The molecule has 2 heterocycles. The molecule has 0 spiro atoms. The van der Waals surface area contributed by atoms with Crippen molar-refractivity contribution in [3.63, 3.8) is 0 Å². The Morgan fingerprint density at radius 3 is 3.12 bits per heavy atom. The standard InChI is InChI=1S/C12H20N4O/c1-12(2)9-17-6-5-16(12)8-11-7-10(15-13)3-4-14-11/h3-4,7H,5-6,8-9,13H2,1-2H3,(H,14,15). The topological polar surface area (TPSA) is 63.4 Å². The minimum Gasteiger partial charge on any atom is -0.378 e. The number of nitrogens with zero attached hydrogens (tertiary/aromatic N) is 2. The van der Waals surface area contributed by atoms with E-state index >= 15 is 0 Å². The maximum absolute atomic E-state index is 5.50. The summed E-state index contributed by atoms with van der Waals surface area (Å²) in [7, 11) is 0. The van der Waals surface area contributed by atoms with Crippen LogP contribution in [0.4, 0.5) is 5.69 Å². The van der Waals surface area contributed by atoms with E-state index in [0.29, 0.717) is 0 Å². The van der Waals surface area contributed by atoms with E-state index < -0.39 is 0 Å². The fraction of sp³-hybridized carbons (Fsp3) is 0.583. The van der Waals surface area contributed by atoms with E-state index in [-0.39, 0.29) is 5.54 Å². The van der Waals surface area contributed by atoms with Gasteiger partial charge in [-0.2, -0.15) is 0 Å². The zero-order valence-electron chi connectivity index (χ0n) is 10.4. The number of nitrogens with two attached hydrogens (primary N) is 1. The van der Waals surface area contributed by atoms with Gasteiger partial charge in [0.2, 0.25) is 0 Å². The van der Waals surface area contributed by atoms with E-state index in [1.807, 2.05) is 12.1 Å². The van der Waals surface area contributed by atoms with Gasteiger partial charge in [0.1, 0.15) is 0 Å². The SMILES string of the molecule is CC1(C)COCCN1Cc1cc(NN)ccn1. The second-order valence-electron chi connectivity index (χ2n) is 4.97. The largest absolute Gasteiger partial charge is 0.378 e. The fourth-order valence-electron chi connectivity index (χ4n) is 2.03. The fourth-order valence-corrected chi connectivity index (χ4v) is 2.03. The third kappa shape index (κ3) is 2.94. The summed E-state index contributed by atoms with van der Waals surface area (Å²) in [6.07, 6.45) is 1.78. The Balaban J connectivity index is 2.08. The lowest BCUT2D eigenvalue weighted by atomic mass is 10.0. The number of nitrogens with one attached hydrogen (secondary N) is 1. The van der Waals surface area contributed by atoms with Gasteiger partial charge < -0.3 is 10.2 Å². The molecule has 1 aromatic heterocycles. The van der Waals surface area contributed by atoms with Crippen molar-refractivity contribution in [1.29, 1.82) is 0 Å². The predicted molar refractivity (Wildman–Crippen MR) is 67.4 cm³/mol. The van der Waals surface area contributed by atoms with Crippen LogP contribution in [-0.4, -0.2) is 35.2 Å². The average Bonchev–Trinajstić information content (AvgIpc) is 2.32. The highest BCUT2D eigenvalue weighted by atomic mass is 16.5. The van der Waals surface area contributed by atoms with Crippen molar-refractivity contribution in [2.24, 2.45) is 5.84 Å². The van der Waals surface area contributed by atoms with Gasteiger partial charge in [0.25, 0.3) is 0 Å². The van der Waals surface area contributed by atoms with E-state index in [4.69, 9.17) is 10.6 Å². The van der Waals surface area contributed by atoms with Gasteiger partial charge in [-0.25, -0.2) is 0 Å². The molecular weight excluding hydrogens is 216 g/mol. The minimum atomic E-state index is 0.0616. The van der Waals surface area contributed by atoms with Gasteiger partial charge in [-0.05, 0) is 26.0 Å². The number of pyridine rings is 1. The first-order valence-corrected chi connectivity index (χ1v) is 5.86. The van der Waals surface area contributed by atoms with E-state index in [0.717, 1.165) is 37.7 Å². The van der Waals surface area contributed by atoms with E-state index in [1.54, 1.807) is 6.20 Å². The number of aromatic nitrogens is 1. The molecule has 0 atom stereocenters. The van der Waals surface area contributed by atoms with Crippen LogP contribution in [0.25, 0.3) is 0 Å². The summed E-state index contributed by atoms with van der Waals surface area (Å²) in [5.41, 5.74) is 4.62. The molecule has 0 amide bonds. The van der Waals surface area contributed by atoms with Gasteiger partial charge >= 0.3 is 0 Å².